The molecule has 0 spiro atoms. The van der Waals surface area contributed by atoms with Crippen molar-refractivity contribution in [2.45, 2.75) is 57.1 Å². The first-order chi connectivity index (χ1) is 7.02. The molecule has 92 valence electrons. The van der Waals surface area contributed by atoms with Crippen LogP contribution in [-0.2, 0) is 10.1 Å². The average molecular weight is 260 g/mol. The summed E-state index contributed by atoms with van der Waals surface area (Å²) < 4.78 is 32.7. The van der Waals surface area contributed by atoms with Crippen LogP contribution < -0.4 is 29.6 Å². The third kappa shape index (κ3) is 10.1. The van der Waals surface area contributed by atoms with E-state index in [1.165, 1.54) is 0 Å². The molecule has 4 nitrogen and oxygen atoms in total. The number of hydrogen-bond acceptors (Lipinski definition) is 4. The van der Waals surface area contributed by atoms with Crippen LogP contribution in [-0.4, -0.2) is 29.9 Å². The van der Waals surface area contributed by atoms with Crippen LogP contribution in [0.5, 0.6) is 0 Å². The monoisotopic (exact) mass is 260 g/mol. The Kier molecular flexibility index (Phi) is 13.2. The summed E-state index contributed by atoms with van der Waals surface area (Å²) in [6.07, 6.45) is 4.77. The van der Waals surface area contributed by atoms with Crippen LogP contribution in [0.3, 0.4) is 0 Å². The van der Waals surface area contributed by atoms with Gasteiger partial charge in [-0.3, -0.25) is 0 Å². The Labute approximate surface area is 121 Å². The smallest absolute Gasteiger partial charge is 0.748 e. The van der Waals surface area contributed by atoms with Gasteiger partial charge in [0.25, 0.3) is 0 Å². The molecule has 0 saturated carbocycles. The largest absolute Gasteiger partial charge is 1.00 e. The summed E-state index contributed by atoms with van der Waals surface area (Å²) in [6.45, 7) is 2.10. The Bertz CT molecular complexity index is 241. The summed E-state index contributed by atoms with van der Waals surface area (Å²) in [5.41, 5.74) is 0. The molecule has 6 heteroatoms. The average Bonchev–Trinajstić information content (AvgIpc) is 2.15. The molecule has 0 heterocycles. The summed E-state index contributed by atoms with van der Waals surface area (Å²) >= 11 is 0. The van der Waals surface area contributed by atoms with E-state index in [1.54, 1.807) is 0 Å². The fourth-order valence-corrected chi connectivity index (χ4v) is 2.44. The van der Waals surface area contributed by atoms with Crippen molar-refractivity contribution in [1.82, 2.24) is 0 Å². The molecule has 0 amide bonds. The van der Waals surface area contributed by atoms with Gasteiger partial charge in [0.2, 0.25) is 0 Å². The molecule has 0 radical (unpaired) electrons. The molecule has 0 bridgehead atoms. The number of aliphatic hydroxyl groups excluding tert-OH is 1. The Hall–Kier alpha value is 0.870. The summed E-state index contributed by atoms with van der Waals surface area (Å²) in [5, 5.41) is 7.83. The second-order valence-corrected chi connectivity index (χ2v) is 5.48. The first kappa shape index (κ1) is 19.2. The van der Waals surface area contributed by atoms with Crippen molar-refractivity contribution in [3.8, 4) is 0 Å². The number of rotatable bonds is 9. The molecule has 0 aromatic carbocycles. The maximum atomic E-state index is 10.9. The Balaban J connectivity index is 0. The van der Waals surface area contributed by atoms with E-state index >= 15 is 0 Å². The summed E-state index contributed by atoms with van der Waals surface area (Å²) in [5.74, 6) is 0. The number of unbranched alkanes of at least 4 members (excludes halogenated alkanes) is 3. The summed E-state index contributed by atoms with van der Waals surface area (Å²) in [4.78, 5) is 0. The van der Waals surface area contributed by atoms with E-state index in [1.807, 2.05) is 6.92 Å². The van der Waals surface area contributed by atoms with E-state index in [0.29, 0.717) is 25.7 Å². The molecule has 0 aliphatic carbocycles. The molecule has 0 aliphatic rings. The molecule has 0 saturated heterocycles. The predicted octanol–water partition coefficient (Wildman–Crippen LogP) is -1.35. The number of aliphatic hydroxyl groups is 1. The van der Waals surface area contributed by atoms with Crippen molar-refractivity contribution in [1.29, 1.82) is 0 Å². The minimum absolute atomic E-state index is 0. The molecule has 1 atom stereocenters. The van der Waals surface area contributed by atoms with E-state index in [0.717, 1.165) is 19.3 Å². The van der Waals surface area contributed by atoms with Crippen LogP contribution >= 0.6 is 0 Å². The third-order valence-corrected chi connectivity index (χ3v) is 3.76. The van der Waals surface area contributed by atoms with Gasteiger partial charge in [0, 0.05) is 11.9 Å². The van der Waals surface area contributed by atoms with Crippen LogP contribution in [0.15, 0.2) is 0 Å². The van der Waals surface area contributed by atoms with Gasteiger partial charge in [-0.1, -0.05) is 32.6 Å². The van der Waals surface area contributed by atoms with E-state index in [9.17, 15) is 13.0 Å². The van der Waals surface area contributed by atoms with E-state index < -0.39 is 15.4 Å². The Morgan fingerprint density at radius 2 is 1.69 bits per heavy atom. The first-order valence-corrected chi connectivity index (χ1v) is 7.05. The molecule has 0 aromatic rings. The molecule has 1 N–H and O–H groups in total. The summed E-state index contributed by atoms with van der Waals surface area (Å²) in [6, 6.07) is 0. The molecule has 0 fully saturated rings. The van der Waals surface area contributed by atoms with Crippen molar-refractivity contribution >= 4 is 10.1 Å². The van der Waals surface area contributed by atoms with Crippen molar-refractivity contribution in [3.05, 3.63) is 0 Å². The van der Waals surface area contributed by atoms with E-state index in [-0.39, 0.29) is 36.2 Å². The fraction of sp³-hybridized carbons (Fsp3) is 1.00. The van der Waals surface area contributed by atoms with Crippen LogP contribution in [0.1, 0.15) is 51.9 Å². The van der Waals surface area contributed by atoms with Gasteiger partial charge in [-0.25, -0.2) is 8.42 Å². The van der Waals surface area contributed by atoms with Gasteiger partial charge in [0.1, 0.15) is 0 Å². The minimum Gasteiger partial charge on any atom is -0.748 e. The zero-order valence-corrected chi connectivity index (χ0v) is 13.1. The van der Waals surface area contributed by atoms with Gasteiger partial charge < -0.3 is 9.66 Å². The molecule has 0 aliphatic heterocycles. The van der Waals surface area contributed by atoms with Crippen LogP contribution in [0, 0.1) is 0 Å². The normalized spacial score (nSPS) is 13.2. The van der Waals surface area contributed by atoms with Gasteiger partial charge in [0.05, 0.1) is 10.1 Å². The molecular formula is C10H21NaO4S. The van der Waals surface area contributed by atoms with E-state index in [2.05, 4.69) is 0 Å². The standard InChI is InChI=1S/C10H22O4S.Na/c1-2-3-7-10(15(12,13)14)8-5-4-6-9-11;/h10-11H,2-9H2,1H3,(H,12,13,14);/q;+1/p-1. The maximum Gasteiger partial charge on any atom is 1.00 e. The van der Waals surface area contributed by atoms with Crippen molar-refractivity contribution in [2.24, 2.45) is 0 Å². The second-order valence-electron chi connectivity index (χ2n) is 3.83. The second kappa shape index (κ2) is 11.0. The maximum absolute atomic E-state index is 10.9. The molecular weight excluding hydrogens is 239 g/mol. The SMILES string of the molecule is CCCCC(CCCCCO)S(=O)(=O)[O-].[Na+]. The van der Waals surface area contributed by atoms with Crippen molar-refractivity contribution in [3.63, 3.8) is 0 Å². The summed E-state index contributed by atoms with van der Waals surface area (Å²) in [7, 11) is -4.14. The van der Waals surface area contributed by atoms with Crippen LogP contribution in [0.2, 0.25) is 0 Å². The zero-order chi connectivity index (χ0) is 11.7. The van der Waals surface area contributed by atoms with Gasteiger partial charge in [-0.15, -0.1) is 0 Å². The fourth-order valence-electron chi connectivity index (χ4n) is 1.53. The Morgan fingerprint density at radius 1 is 1.12 bits per heavy atom. The third-order valence-electron chi connectivity index (χ3n) is 2.47. The zero-order valence-electron chi connectivity index (χ0n) is 10.3. The van der Waals surface area contributed by atoms with Crippen molar-refractivity contribution < 1.29 is 47.6 Å². The van der Waals surface area contributed by atoms with Crippen LogP contribution in [0.25, 0.3) is 0 Å². The topological polar surface area (TPSA) is 77.4 Å². The molecule has 0 aromatic heterocycles. The quantitative estimate of drug-likeness (QED) is 0.316. The van der Waals surface area contributed by atoms with Gasteiger partial charge in [0.15, 0.2) is 0 Å². The van der Waals surface area contributed by atoms with Gasteiger partial charge >= 0.3 is 29.6 Å². The van der Waals surface area contributed by atoms with Gasteiger partial charge in [-0.05, 0) is 19.3 Å². The molecule has 16 heavy (non-hydrogen) atoms. The Morgan fingerprint density at radius 3 is 2.12 bits per heavy atom. The van der Waals surface area contributed by atoms with Gasteiger partial charge in [-0.2, -0.15) is 0 Å². The van der Waals surface area contributed by atoms with Crippen molar-refractivity contribution in [2.75, 3.05) is 6.61 Å². The predicted molar refractivity (Wildman–Crippen MR) is 58.6 cm³/mol. The minimum atomic E-state index is -4.14. The molecule has 1 unspecified atom stereocenters. The molecule has 0 rings (SSSR count). The number of hydrogen-bond donors (Lipinski definition) is 1. The van der Waals surface area contributed by atoms with Crippen LogP contribution in [0.4, 0.5) is 0 Å². The first-order valence-electron chi connectivity index (χ1n) is 5.58. The van der Waals surface area contributed by atoms with E-state index in [4.69, 9.17) is 5.11 Å².